The average molecular weight is 89.0 g/mol. The Kier molecular flexibility index (Phi) is 25.5. The van der Waals surface area contributed by atoms with Gasteiger partial charge in [0.2, 0.25) is 0 Å². The van der Waals surface area contributed by atoms with Gasteiger partial charge in [-0.05, 0) is 0 Å². The first kappa shape index (κ1) is 17.4. The molecule has 1 nitrogen and oxygen atoms in total. The molecule has 0 saturated carbocycles. The van der Waals surface area contributed by atoms with E-state index >= 15 is 0 Å². The second-order valence-electron chi connectivity index (χ2n) is 0.214. The molecule has 0 amide bonds. The fourth-order valence-corrected chi connectivity index (χ4v) is 0. The summed E-state index contributed by atoms with van der Waals surface area (Å²) in [4.78, 5) is 0. The Labute approximate surface area is 32.9 Å². The smallest absolute Gasteiger partial charge is 0.162 e. The molecule has 0 aromatic heterocycles. The summed E-state index contributed by atoms with van der Waals surface area (Å²) in [6, 6.07) is 0. The number of hydrogen-bond donors (Lipinski definition) is 0. The zero-order chi connectivity index (χ0) is 3.58. The van der Waals surface area contributed by atoms with Crippen molar-refractivity contribution >= 4 is 0 Å². The maximum Gasteiger partial charge on any atom is 0.487 e. The fraction of sp³-hybridized carbons (Fsp3) is 0. The van der Waals surface area contributed by atoms with Gasteiger partial charge >= 0.3 is 6.68 Å². The summed E-state index contributed by atoms with van der Waals surface area (Å²) in [5.74, 6) is 0. The molecule has 0 bridgehead atoms. The van der Waals surface area contributed by atoms with Crippen molar-refractivity contribution in [3.63, 3.8) is 0 Å². The Hall–Kier alpha value is -0.341. The van der Waals surface area contributed by atoms with Gasteiger partial charge in [-0.15, -0.1) is 0 Å². The van der Waals surface area contributed by atoms with E-state index in [9.17, 15) is 13.2 Å². The van der Waals surface area contributed by atoms with Crippen molar-refractivity contribution in [2.24, 2.45) is 0 Å². The summed E-state index contributed by atoms with van der Waals surface area (Å²) < 4.78 is 28.8. The Morgan fingerprint density at radius 3 is 1.00 bits per heavy atom. The van der Waals surface area contributed by atoms with Crippen LogP contribution in [0.15, 0.2) is 0 Å². The van der Waals surface area contributed by atoms with Crippen molar-refractivity contribution in [3.8, 4) is 0 Å². The molecule has 0 aliphatic heterocycles. The van der Waals surface area contributed by atoms with Crippen LogP contribution in [0.3, 0.4) is 0 Å². The molecule has 0 aromatic carbocycles. The minimum Gasteiger partial charge on any atom is -0.162 e. The van der Waals surface area contributed by atoms with Crippen LogP contribution in [0.2, 0.25) is 0 Å². The molecule has 0 spiro atoms. The summed E-state index contributed by atoms with van der Waals surface area (Å²) in [6.45, 7) is -3.08. The standard InChI is InChI=1S/CF3.He.O/c2-1(3)4;;. The summed E-state index contributed by atoms with van der Waals surface area (Å²) >= 11 is 0. The molecule has 0 N–H and O–H groups in total. The molecular weight excluding hydrogens is 89.0 g/mol. The summed E-state index contributed by atoms with van der Waals surface area (Å²) in [5.41, 5.74) is 0. The third kappa shape index (κ3) is 223. The molecule has 0 heterocycles. The van der Waals surface area contributed by atoms with Crippen molar-refractivity contribution in [2.45, 2.75) is 0 Å². The third-order valence-corrected chi connectivity index (χ3v) is 0. The van der Waals surface area contributed by atoms with E-state index in [4.69, 9.17) is 0 Å². The maximum atomic E-state index is 9.58. The summed E-state index contributed by atoms with van der Waals surface area (Å²) in [5, 5.41) is 0. The minimum absolute atomic E-state index is 0. The molecule has 0 rings (SSSR count). The van der Waals surface area contributed by atoms with Crippen molar-refractivity contribution in [1.82, 2.24) is 0 Å². The van der Waals surface area contributed by atoms with Gasteiger partial charge in [0.1, 0.15) is 0 Å². The summed E-state index contributed by atoms with van der Waals surface area (Å²) in [6.07, 6.45) is 0. The second kappa shape index (κ2) is 8.82. The first-order valence-corrected chi connectivity index (χ1v) is 0.567. The van der Waals surface area contributed by atoms with Crippen LogP contribution in [0, 0.1) is 12.8 Å². The normalized spacial score (nSPS) is 6.00. The Morgan fingerprint density at radius 1 is 1.00 bits per heavy atom. The van der Waals surface area contributed by atoms with Gasteiger partial charge in [0.05, 0.1) is 0 Å². The second-order valence-corrected chi connectivity index (χ2v) is 0.214. The van der Waals surface area contributed by atoms with Crippen molar-refractivity contribution in [2.75, 3.05) is 0 Å². The monoisotopic (exact) mass is 89.0 g/mol. The van der Waals surface area contributed by atoms with Gasteiger partial charge in [-0.1, -0.05) is 0 Å². The molecule has 0 aliphatic rings. The van der Waals surface area contributed by atoms with E-state index in [-0.39, 0.29) is 11.6 Å². The van der Waals surface area contributed by atoms with Crippen molar-refractivity contribution in [1.29, 1.82) is 0 Å². The molecule has 0 saturated heterocycles. The van der Waals surface area contributed by atoms with Gasteiger partial charge in [-0.2, -0.15) is 13.2 Å². The molecule has 6 heavy (non-hydrogen) atoms. The molecule has 0 fully saturated rings. The van der Waals surface area contributed by atoms with E-state index in [2.05, 4.69) is 0 Å². The first-order valence-electron chi connectivity index (χ1n) is 0.567. The van der Waals surface area contributed by atoms with Gasteiger partial charge < -0.3 is 0 Å². The van der Waals surface area contributed by atoms with Crippen LogP contribution < -0.4 is 0 Å². The van der Waals surface area contributed by atoms with E-state index in [1.54, 1.807) is 0 Å². The molecule has 0 unspecified atom stereocenters. The largest absolute Gasteiger partial charge is 0.487 e. The average Bonchev–Trinajstić information content (AvgIpc) is 0.811. The predicted molar refractivity (Wildman–Crippen MR) is 7.25 cm³/mol. The Morgan fingerprint density at radius 2 is 1.00 bits per heavy atom. The molecule has 5 heteroatoms. The molecule has 0 atom stereocenters. The Balaban J connectivity index is -0.0000000450. The zero-order valence-corrected chi connectivity index (χ0v) is 2.75. The van der Waals surface area contributed by atoms with E-state index in [1.807, 2.05) is 0 Å². The van der Waals surface area contributed by atoms with Crippen LogP contribution in [-0.2, 0) is 5.48 Å². The van der Waals surface area contributed by atoms with Crippen LogP contribution in [0.5, 0.6) is 0 Å². The van der Waals surface area contributed by atoms with Crippen LogP contribution in [0.25, 0.3) is 0 Å². The number of rotatable bonds is 0. The van der Waals surface area contributed by atoms with Crippen LogP contribution in [-0.4, -0.2) is 0 Å². The van der Waals surface area contributed by atoms with Gasteiger partial charge in [-0.3, -0.25) is 0 Å². The molecule has 33 valence electrons. The minimum atomic E-state index is -3.08. The van der Waals surface area contributed by atoms with Gasteiger partial charge in [0, 0.05) is 11.6 Å². The molecule has 3 radical (unpaired) electrons. The third-order valence-electron chi connectivity index (χ3n) is 0. The topological polar surface area (TPSA) is 28.5 Å². The molecule has 0 aromatic rings. The van der Waals surface area contributed by atoms with Crippen molar-refractivity contribution < 1.29 is 24.8 Å². The Bertz CT molecular complexity index is 15.5. The number of hydrogen-bond acceptors (Lipinski definition) is 0. The zero-order valence-electron chi connectivity index (χ0n) is 2.75. The predicted octanol–water partition coefficient (Wildman–Crippen LogP) is 1.22. The SMILES string of the molecule is F[C](F)F.[He].[O]. The molecule has 0 aliphatic carbocycles. The van der Waals surface area contributed by atoms with Crippen molar-refractivity contribution in [3.05, 3.63) is 6.68 Å². The first-order chi connectivity index (χ1) is 1.73. The summed E-state index contributed by atoms with van der Waals surface area (Å²) in [7, 11) is 0. The van der Waals surface area contributed by atoms with E-state index in [0.29, 0.717) is 0 Å². The fourth-order valence-electron chi connectivity index (χ4n) is 0. The van der Waals surface area contributed by atoms with Gasteiger partial charge in [0.25, 0.3) is 0 Å². The van der Waals surface area contributed by atoms with Crippen LogP contribution in [0.1, 0.15) is 0 Å². The van der Waals surface area contributed by atoms with Crippen LogP contribution >= 0.6 is 0 Å². The van der Waals surface area contributed by atoms with Crippen LogP contribution in [0.4, 0.5) is 13.2 Å². The van der Waals surface area contributed by atoms with E-state index in [1.165, 1.54) is 0 Å². The quantitative estimate of drug-likeness (QED) is 0.427. The van der Waals surface area contributed by atoms with Gasteiger partial charge in [-0.25, -0.2) is 0 Å². The maximum absolute atomic E-state index is 9.58. The van der Waals surface area contributed by atoms with Gasteiger partial charge in [0.15, 0.2) is 0 Å². The molecular formula is CF3HeO. The van der Waals surface area contributed by atoms with E-state index in [0.717, 1.165) is 0 Å². The van der Waals surface area contributed by atoms with E-state index < -0.39 is 6.68 Å². The number of halogens is 3.